The quantitative estimate of drug-likeness (QED) is 0.254. The Balaban J connectivity index is 1.40. The summed E-state index contributed by atoms with van der Waals surface area (Å²) >= 11 is 0. The van der Waals surface area contributed by atoms with Crippen molar-refractivity contribution in [1.82, 2.24) is 33.6 Å². The monoisotopic (exact) mass is 464 g/mol. The fraction of sp³-hybridized carbons (Fsp3) is 0.500. The molecule has 34 heavy (non-hydrogen) atoms. The SMILES string of the molecule is Cn1ccnc1C=NCCCN(CCCN=Cc1nccn1C)CCCN=Cc1nccn1C. The smallest absolute Gasteiger partial charge is 0.150 e. The molecule has 3 aromatic rings. The van der Waals surface area contributed by atoms with Crippen molar-refractivity contribution in [2.24, 2.45) is 36.1 Å². The molecule has 0 aliphatic heterocycles. The molecule has 10 heteroatoms. The Bertz CT molecular complexity index is 922. The maximum absolute atomic E-state index is 4.54. The van der Waals surface area contributed by atoms with Crippen LogP contribution in [0, 0.1) is 0 Å². The molecule has 0 unspecified atom stereocenters. The summed E-state index contributed by atoms with van der Waals surface area (Å²) in [5, 5.41) is 0. The molecule has 3 heterocycles. The molecule has 0 atom stereocenters. The highest BCUT2D eigenvalue weighted by molar-refractivity contribution is 5.75. The zero-order valence-electron chi connectivity index (χ0n) is 20.5. The standard InChI is InChI=1S/C24H36N10/c1-31-16-10-28-22(31)19-25-7-4-13-34(14-5-8-26-20-23-29-11-17-32(23)2)15-6-9-27-21-24-30-12-18-33(24)3/h10-12,16-21H,4-9,13-15H2,1-3H3. The van der Waals surface area contributed by atoms with E-state index in [2.05, 4.69) is 34.8 Å². The lowest BCUT2D eigenvalue weighted by atomic mass is 10.3. The molecule has 3 aromatic heterocycles. The van der Waals surface area contributed by atoms with E-state index in [9.17, 15) is 0 Å². The molecule has 3 rings (SSSR count). The van der Waals surface area contributed by atoms with E-state index in [4.69, 9.17) is 0 Å². The van der Waals surface area contributed by atoms with E-state index in [0.29, 0.717) is 0 Å². The third-order valence-electron chi connectivity index (χ3n) is 5.48. The number of imidazole rings is 3. The third-order valence-corrected chi connectivity index (χ3v) is 5.48. The van der Waals surface area contributed by atoms with Crippen molar-refractivity contribution in [1.29, 1.82) is 0 Å². The molecule has 0 aliphatic carbocycles. The van der Waals surface area contributed by atoms with Crippen molar-refractivity contribution in [3.05, 3.63) is 54.7 Å². The predicted molar refractivity (Wildman–Crippen MR) is 137 cm³/mol. The van der Waals surface area contributed by atoms with Gasteiger partial charge in [-0.25, -0.2) is 15.0 Å². The van der Waals surface area contributed by atoms with Gasteiger partial charge in [0.2, 0.25) is 0 Å². The first-order valence-corrected chi connectivity index (χ1v) is 11.8. The molecule has 182 valence electrons. The van der Waals surface area contributed by atoms with E-state index in [1.54, 1.807) is 18.6 Å². The first kappa shape index (κ1) is 25.2. The number of rotatable bonds is 15. The van der Waals surface area contributed by atoms with Crippen LogP contribution in [0.3, 0.4) is 0 Å². The summed E-state index contributed by atoms with van der Waals surface area (Å²) in [6, 6.07) is 0. The van der Waals surface area contributed by atoms with Gasteiger partial charge in [-0.2, -0.15) is 0 Å². The van der Waals surface area contributed by atoms with Gasteiger partial charge in [0.05, 0.1) is 18.6 Å². The summed E-state index contributed by atoms with van der Waals surface area (Å²) in [5.74, 6) is 2.65. The van der Waals surface area contributed by atoms with Crippen molar-refractivity contribution in [2.75, 3.05) is 39.3 Å². The summed E-state index contributed by atoms with van der Waals surface area (Å²) in [6.07, 6.45) is 19.7. The lowest BCUT2D eigenvalue weighted by Crippen LogP contribution is -2.28. The molecule has 0 N–H and O–H groups in total. The van der Waals surface area contributed by atoms with Crippen molar-refractivity contribution in [2.45, 2.75) is 19.3 Å². The highest BCUT2D eigenvalue weighted by Crippen LogP contribution is 2.00. The van der Waals surface area contributed by atoms with Gasteiger partial charge in [0.25, 0.3) is 0 Å². The Hall–Kier alpha value is -3.40. The van der Waals surface area contributed by atoms with Crippen LogP contribution in [0.25, 0.3) is 0 Å². The highest BCUT2D eigenvalue weighted by atomic mass is 15.1. The fourth-order valence-electron chi connectivity index (χ4n) is 3.44. The van der Waals surface area contributed by atoms with Crippen LogP contribution >= 0.6 is 0 Å². The second-order valence-corrected chi connectivity index (χ2v) is 8.20. The van der Waals surface area contributed by atoms with E-state index in [1.165, 1.54) is 0 Å². The third kappa shape index (κ3) is 8.51. The van der Waals surface area contributed by atoms with Crippen LogP contribution in [0.2, 0.25) is 0 Å². The zero-order chi connectivity index (χ0) is 24.0. The second-order valence-electron chi connectivity index (χ2n) is 8.20. The lowest BCUT2D eigenvalue weighted by molar-refractivity contribution is 0.269. The summed E-state index contributed by atoms with van der Waals surface area (Å²) in [6.45, 7) is 5.38. The number of hydrogen-bond acceptors (Lipinski definition) is 7. The van der Waals surface area contributed by atoms with Crippen LogP contribution in [0.1, 0.15) is 36.7 Å². The molecule has 0 bridgehead atoms. The van der Waals surface area contributed by atoms with E-state index < -0.39 is 0 Å². The van der Waals surface area contributed by atoms with Crippen LogP contribution in [0.4, 0.5) is 0 Å². The van der Waals surface area contributed by atoms with Gasteiger partial charge in [-0.15, -0.1) is 0 Å². The molecule has 0 amide bonds. The Labute approximate surface area is 201 Å². The van der Waals surface area contributed by atoms with Crippen molar-refractivity contribution in [3.8, 4) is 0 Å². The van der Waals surface area contributed by atoms with Crippen LogP contribution in [0.15, 0.2) is 52.2 Å². The van der Waals surface area contributed by atoms with Crippen molar-refractivity contribution < 1.29 is 0 Å². The minimum atomic E-state index is 0.790. The van der Waals surface area contributed by atoms with E-state index in [1.807, 2.05) is 72.1 Å². The maximum atomic E-state index is 4.54. The Kier molecular flexibility index (Phi) is 10.4. The van der Waals surface area contributed by atoms with E-state index >= 15 is 0 Å². The second kappa shape index (κ2) is 14.0. The van der Waals surface area contributed by atoms with E-state index in [0.717, 1.165) is 76.0 Å². The van der Waals surface area contributed by atoms with Gasteiger partial charge in [0, 0.05) is 78.0 Å². The van der Waals surface area contributed by atoms with Crippen molar-refractivity contribution in [3.63, 3.8) is 0 Å². The number of aromatic nitrogens is 6. The molecule has 0 fully saturated rings. The molecule has 0 radical (unpaired) electrons. The van der Waals surface area contributed by atoms with Crippen molar-refractivity contribution >= 4 is 18.6 Å². The van der Waals surface area contributed by atoms with Crippen LogP contribution in [-0.2, 0) is 21.1 Å². The molecular weight excluding hydrogens is 428 g/mol. The van der Waals surface area contributed by atoms with Crippen LogP contribution < -0.4 is 0 Å². The molecule has 0 saturated carbocycles. The Morgan fingerprint density at radius 2 is 0.941 bits per heavy atom. The lowest BCUT2D eigenvalue weighted by Gasteiger charge is -2.21. The Morgan fingerprint density at radius 1 is 0.618 bits per heavy atom. The summed E-state index contributed by atoms with van der Waals surface area (Å²) in [5.41, 5.74) is 0. The number of aliphatic imine (C=N–C) groups is 3. The van der Waals surface area contributed by atoms with Crippen LogP contribution in [-0.4, -0.2) is 91.5 Å². The average molecular weight is 465 g/mol. The highest BCUT2D eigenvalue weighted by Gasteiger charge is 2.04. The van der Waals surface area contributed by atoms with Gasteiger partial charge in [-0.05, 0) is 38.9 Å². The molecule has 0 saturated heterocycles. The summed E-state index contributed by atoms with van der Waals surface area (Å²) < 4.78 is 5.90. The van der Waals surface area contributed by atoms with Gasteiger partial charge in [0.1, 0.15) is 17.5 Å². The molecule has 0 spiro atoms. The van der Waals surface area contributed by atoms with Gasteiger partial charge in [-0.3, -0.25) is 15.0 Å². The largest absolute Gasteiger partial charge is 0.333 e. The normalized spacial score (nSPS) is 12.4. The minimum absolute atomic E-state index is 0.790. The molecule has 0 aromatic carbocycles. The Morgan fingerprint density at radius 3 is 1.21 bits per heavy atom. The minimum Gasteiger partial charge on any atom is -0.333 e. The molecule has 10 nitrogen and oxygen atoms in total. The first-order valence-electron chi connectivity index (χ1n) is 11.8. The first-order chi connectivity index (χ1) is 16.6. The topological polar surface area (TPSA) is 93.8 Å². The van der Waals surface area contributed by atoms with Gasteiger partial charge < -0.3 is 18.6 Å². The molecular formula is C24H36N10. The number of hydrogen-bond donors (Lipinski definition) is 0. The average Bonchev–Trinajstić information content (AvgIpc) is 3.55. The summed E-state index contributed by atoms with van der Waals surface area (Å²) in [4.78, 5) is 28.9. The number of nitrogens with zero attached hydrogens (tertiary/aromatic N) is 10. The summed E-state index contributed by atoms with van der Waals surface area (Å²) in [7, 11) is 5.92. The zero-order valence-corrected chi connectivity index (χ0v) is 20.5. The number of aryl methyl sites for hydroxylation is 3. The van der Waals surface area contributed by atoms with E-state index in [-0.39, 0.29) is 0 Å². The predicted octanol–water partition coefficient (Wildman–Crippen LogP) is 2.02. The maximum Gasteiger partial charge on any atom is 0.150 e. The van der Waals surface area contributed by atoms with Gasteiger partial charge in [0.15, 0.2) is 0 Å². The van der Waals surface area contributed by atoms with Gasteiger partial charge >= 0.3 is 0 Å². The van der Waals surface area contributed by atoms with Gasteiger partial charge in [-0.1, -0.05) is 0 Å². The van der Waals surface area contributed by atoms with Crippen LogP contribution in [0.5, 0.6) is 0 Å². The fourth-order valence-corrected chi connectivity index (χ4v) is 3.44. The molecule has 0 aliphatic rings.